The molecule has 0 spiro atoms. The largest absolute Gasteiger partial charge is 0.400 e. The molecule has 1 rings (SSSR count). The Kier molecular flexibility index (Phi) is 5.13. The lowest BCUT2D eigenvalue weighted by Gasteiger charge is -2.11. The second-order valence-electron chi connectivity index (χ2n) is 2.73. The Labute approximate surface area is 74.5 Å². The first-order valence-electron chi connectivity index (χ1n) is 3.89. The monoisotopic (exact) mass is 167 g/mol. The predicted octanol–water partition coefficient (Wildman–Crippen LogP) is 1.67. The Morgan fingerprint density at radius 1 is 1.00 bits per heavy atom. The normalized spacial score (nSPS) is 8.42. The molecule has 0 saturated carbocycles. The zero-order valence-electron chi connectivity index (χ0n) is 8.20. The van der Waals surface area contributed by atoms with E-state index in [0.29, 0.717) is 0 Å². The molecule has 0 fully saturated rings. The van der Waals surface area contributed by atoms with Gasteiger partial charge in [0.25, 0.3) is 0 Å². The maximum absolute atomic E-state index is 7.00. The van der Waals surface area contributed by atoms with E-state index >= 15 is 0 Å². The highest BCUT2D eigenvalue weighted by Crippen LogP contribution is 2.10. The van der Waals surface area contributed by atoms with Crippen molar-refractivity contribution in [1.82, 2.24) is 0 Å². The molecule has 2 heteroatoms. The van der Waals surface area contributed by atoms with Crippen molar-refractivity contribution in [2.75, 3.05) is 26.1 Å². The SMILES string of the molecule is CO.Cc1ccc(N(C)C)cc1. The number of aliphatic hydroxyl groups excluding tert-OH is 1. The smallest absolute Gasteiger partial charge is 0.0361 e. The van der Waals surface area contributed by atoms with Crippen molar-refractivity contribution in [3.63, 3.8) is 0 Å². The fourth-order valence-electron chi connectivity index (χ4n) is 0.843. The first-order chi connectivity index (χ1) is 5.70. The summed E-state index contributed by atoms with van der Waals surface area (Å²) in [5.41, 5.74) is 2.57. The van der Waals surface area contributed by atoms with Gasteiger partial charge in [-0.25, -0.2) is 0 Å². The third-order valence-corrected chi connectivity index (χ3v) is 1.55. The summed E-state index contributed by atoms with van der Waals surface area (Å²) in [6.07, 6.45) is 0. The van der Waals surface area contributed by atoms with Gasteiger partial charge in [0.1, 0.15) is 0 Å². The molecular weight excluding hydrogens is 150 g/mol. The molecule has 0 unspecified atom stereocenters. The molecular formula is C10H17NO. The van der Waals surface area contributed by atoms with Gasteiger partial charge in [-0.3, -0.25) is 0 Å². The number of benzene rings is 1. The van der Waals surface area contributed by atoms with E-state index in [0.717, 1.165) is 7.11 Å². The van der Waals surface area contributed by atoms with E-state index in [1.54, 1.807) is 0 Å². The van der Waals surface area contributed by atoms with Crippen molar-refractivity contribution in [3.05, 3.63) is 29.8 Å². The highest BCUT2D eigenvalue weighted by Gasteiger charge is 1.90. The highest BCUT2D eigenvalue weighted by atomic mass is 16.2. The summed E-state index contributed by atoms with van der Waals surface area (Å²) in [6.45, 7) is 2.10. The van der Waals surface area contributed by atoms with E-state index in [4.69, 9.17) is 5.11 Å². The Morgan fingerprint density at radius 3 is 1.75 bits per heavy atom. The van der Waals surface area contributed by atoms with Gasteiger partial charge in [-0.2, -0.15) is 0 Å². The summed E-state index contributed by atoms with van der Waals surface area (Å²) in [6, 6.07) is 8.48. The van der Waals surface area contributed by atoms with Gasteiger partial charge in [-0.05, 0) is 19.1 Å². The quantitative estimate of drug-likeness (QED) is 0.687. The molecule has 1 N–H and O–H groups in total. The van der Waals surface area contributed by atoms with E-state index in [2.05, 4.69) is 36.1 Å². The van der Waals surface area contributed by atoms with Crippen molar-refractivity contribution in [1.29, 1.82) is 0 Å². The van der Waals surface area contributed by atoms with Crippen molar-refractivity contribution < 1.29 is 5.11 Å². The zero-order chi connectivity index (χ0) is 9.56. The molecule has 0 aliphatic carbocycles. The number of nitrogens with zero attached hydrogens (tertiary/aromatic N) is 1. The second kappa shape index (κ2) is 5.61. The summed E-state index contributed by atoms with van der Waals surface area (Å²) >= 11 is 0. The molecule has 0 aliphatic heterocycles. The number of rotatable bonds is 1. The summed E-state index contributed by atoms with van der Waals surface area (Å²) in [7, 11) is 5.09. The standard InChI is InChI=1S/C9H13N.CH4O/c1-8-4-6-9(7-5-8)10(2)3;1-2/h4-7H,1-3H3;2H,1H3. The summed E-state index contributed by atoms with van der Waals surface area (Å²) < 4.78 is 0. The molecule has 0 saturated heterocycles. The van der Waals surface area contributed by atoms with Crippen molar-refractivity contribution >= 4 is 5.69 Å². The van der Waals surface area contributed by atoms with Crippen molar-refractivity contribution in [2.45, 2.75) is 6.92 Å². The van der Waals surface area contributed by atoms with E-state index in [1.807, 2.05) is 14.1 Å². The number of aryl methyl sites for hydroxylation is 1. The molecule has 1 aromatic rings. The fraction of sp³-hybridized carbons (Fsp3) is 0.400. The van der Waals surface area contributed by atoms with Crippen LogP contribution in [0.15, 0.2) is 24.3 Å². The van der Waals surface area contributed by atoms with Gasteiger partial charge in [0, 0.05) is 26.9 Å². The van der Waals surface area contributed by atoms with E-state index in [-0.39, 0.29) is 0 Å². The molecule has 0 heterocycles. The number of aliphatic hydroxyl groups is 1. The number of hydrogen-bond donors (Lipinski definition) is 1. The van der Waals surface area contributed by atoms with Crippen LogP contribution in [0.2, 0.25) is 0 Å². The van der Waals surface area contributed by atoms with Crippen LogP contribution in [0.1, 0.15) is 5.56 Å². The molecule has 68 valence electrons. The topological polar surface area (TPSA) is 23.5 Å². The number of hydrogen-bond acceptors (Lipinski definition) is 2. The van der Waals surface area contributed by atoms with Gasteiger partial charge in [0.2, 0.25) is 0 Å². The Balaban J connectivity index is 0.000000561. The lowest BCUT2D eigenvalue weighted by atomic mass is 10.2. The van der Waals surface area contributed by atoms with Gasteiger partial charge in [0.05, 0.1) is 0 Å². The van der Waals surface area contributed by atoms with E-state index < -0.39 is 0 Å². The van der Waals surface area contributed by atoms with Gasteiger partial charge in [-0.1, -0.05) is 17.7 Å². The Hall–Kier alpha value is -1.02. The molecule has 2 nitrogen and oxygen atoms in total. The van der Waals surface area contributed by atoms with Crippen molar-refractivity contribution in [3.8, 4) is 0 Å². The van der Waals surface area contributed by atoms with Gasteiger partial charge >= 0.3 is 0 Å². The van der Waals surface area contributed by atoms with Crippen LogP contribution in [-0.2, 0) is 0 Å². The van der Waals surface area contributed by atoms with Crippen LogP contribution in [-0.4, -0.2) is 26.3 Å². The maximum Gasteiger partial charge on any atom is 0.0361 e. The fourth-order valence-corrected chi connectivity index (χ4v) is 0.843. The van der Waals surface area contributed by atoms with E-state index in [1.165, 1.54) is 11.3 Å². The van der Waals surface area contributed by atoms with Crippen LogP contribution in [0, 0.1) is 6.92 Å². The molecule has 0 bridgehead atoms. The first-order valence-corrected chi connectivity index (χ1v) is 3.89. The minimum Gasteiger partial charge on any atom is -0.400 e. The Bertz CT molecular complexity index is 204. The highest BCUT2D eigenvalue weighted by molar-refractivity contribution is 5.45. The van der Waals surface area contributed by atoms with Crippen LogP contribution in [0.3, 0.4) is 0 Å². The molecule has 0 radical (unpaired) electrons. The first kappa shape index (κ1) is 11.0. The van der Waals surface area contributed by atoms with Crippen LogP contribution in [0.4, 0.5) is 5.69 Å². The van der Waals surface area contributed by atoms with Gasteiger partial charge < -0.3 is 10.0 Å². The van der Waals surface area contributed by atoms with Crippen LogP contribution in [0.5, 0.6) is 0 Å². The third-order valence-electron chi connectivity index (χ3n) is 1.55. The molecule has 12 heavy (non-hydrogen) atoms. The second-order valence-corrected chi connectivity index (χ2v) is 2.73. The summed E-state index contributed by atoms with van der Waals surface area (Å²) in [5, 5.41) is 7.00. The van der Waals surface area contributed by atoms with Gasteiger partial charge in [0.15, 0.2) is 0 Å². The maximum atomic E-state index is 7.00. The molecule has 0 aromatic heterocycles. The Morgan fingerprint density at radius 2 is 1.42 bits per heavy atom. The van der Waals surface area contributed by atoms with Gasteiger partial charge in [-0.15, -0.1) is 0 Å². The van der Waals surface area contributed by atoms with Crippen molar-refractivity contribution in [2.24, 2.45) is 0 Å². The van der Waals surface area contributed by atoms with Crippen LogP contribution in [0.25, 0.3) is 0 Å². The number of anilines is 1. The molecule has 1 aromatic carbocycles. The average molecular weight is 167 g/mol. The molecule has 0 aliphatic rings. The summed E-state index contributed by atoms with van der Waals surface area (Å²) in [4.78, 5) is 2.10. The van der Waals surface area contributed by atoms with Crippen LogP contribution < -0.4 is 4.90 Å². The third kappa shape index (κ3) is 3.39. The minimum absolute atomic E-state index is 1.00. The summed E-state index contributed by atoms with van der Waals surface area (Å²) in [5.74, 6) is 0. The lowest BCUT2D eigenvalue weighted by Crippen LogP contribution is -2.07. The minimum atomic E-state index is 1.00. The van der Waals surface area contributed by atoms with E-state index in [9.17, 15) is 0 Å². The zero-order valence-corrected chi connectivity index (χ0v) is 8.20. The van der Waals surface area contributed by atoms with Crippen LogP contribution >= 0.6 is 0 Å². The average Bonchev–Trinajstić information content (AvgIpc) is 2.09. The lowest BCUT2D eigenvalue weighted by molar-refractivity contribution is 0.399. The molecule has 0 atom stereocenters. The predicted molar refractivity (Wildman–Crippen MR) is 53.6 cm³/mol. The molecule has 0 amide bonds.